The number of anilines is 2. The number of methoxy groups -OCH3 is 1. The zero-order chi connectivity index (χ0) is 17.0. The van der Waals surface area contributed by atoms with Crippen LogP contribution in [-0.2, 0) is 4.79 Å². The molecule has 0 unspecified atom stereocenters. The van der Waals surface area contributed by atoms with E-state index in [0.717, 1.165) is 11.8 Å². The van der Waals surface area contributed by atoms with Gasteiger partial charge in [0.15, 0.2) is 5.16 Å². The summed E-state index contributed by atoms with van der Waals surface area (Å²) in [5, 5.41) is 2.96. The van der Waals surface area contributed by atoms with Crippen molar-refractivity contribution in [3.8, 4) is 5.75 Å². The quantitative estimate of drug-likeness (QED) is 0.560. The highest BCUT2D eigenvalue weighted by atomic mass is 35.5. The maximum Gasteiger partial charge on any atom is 0.253 e. The first-order valence-corrected chi connectivity index (χ1v) is 7.82. The second-order valence-electron chi connectivity index (χ2n) is 4.57. The first-order chi connectivity index (χ1) is 10.9. The number of nitrogens with zero attached hydrogens (tertiary/aromatic N) is 1. The second-order valence-corrected chi connectivity index (χ2v) is 6.34. The molecule has 2 rings (SSSR count). The zero-order valence-electron chi connectivity index (χ0n) is 12.4. The SMILES string of the molecule is COc1ccc(Cl)cc1NC(=O)[C@H](C)Sc1nc(N)cc(=O)[nH]1. The predicted octanol–water partition coefficient (Wildman–Crippen LogP) is 2.13. The Labute approximate surface area is 141 Å². The number of aromatic nitrogens is 2. The summed E-state index contributed by atoms with van der Waals surface area (Å²) in [5.41, 5.74) is 5.61. The molecule has 1 aromatic carbocycles. The van der Waals surface area contributed by atoms with E-state index in [-0.39, 0.29) is 22.4 Å². The summed E-state index contributed by atoms with van der Waals surface area (Å²) in [5.74, 6) is 0.302. The van der Waals surface area contributed by atoms with Crippen molar-refractivity contribution < 1.29 is 9.53 Å². The molecule has 23 heavy (non-hydrogen) atoms. The number of nitrogens with one attached hydrogen (secondary N) is 2. The van der Waals surface area contributed by atoms with Crippen LogP contribution in [0.2, 0.25) is 5.02 Å². The summed E-state index contributed by atoms with van der Waals surface area (Å²) in [6, 6.07) is 6.09. The van der Waals surface area contributed by atoms with Crippen LogP contribution in [0.5, 0.6) is 5.75 Å². The van der Waals surface area contributed by atoms with E-state index in [0.29, 0.717) is 16.5 Å². The summed E-state index contributed by atoms with van der Waals surface area (Å²) in [6.45, 7) is 1.68. The molecule has 0 aliphatic rings. The smallest absolute Gasteiger partial charge is 0.253 e. The average Bonchev–Trinajstić information content (AvgIpc) is 2.46. The van der Waals surface area contributed by atoms with E-state index in [9.17, 15) is 9.59 Å². The lowest BCUT2D eigenvalue weighted by molar-refractivity contribution is -0.115. The Morgan fingerprint density at radius 1 is 1.48 bits per heavy atom. The lowest BCUT2D eigenvalue weighted by Gasteiger charge is -2.14. The van der Waals surface area contributed by atoms with Gasteiger partial charge in [-0.1, -0.05) is 23.4 Å². The molecule has 0 aliphatic heterocycles. The molecule has 4 N–H and O–H groups in total. The largest absolute Gasteiger partial charge is 0.495 e. The van der Waals surface area contributed by atoms with Gasteiger partial charge in [-0.15, -0.1) is 0 Å². The van der Waals surface area contributed by atoms with Crippen molar-refractivity contribution in [1.29, 1.82) is 0 Å². The molecule has 0 saturated carbocycles. The fourth-order valence-corrected chi connectivity index (χ4v) is 2.73. The third-order valence-electron chi connectivity index (χ3n) is 2.82. The minimum Gasteiger partial charge on any atom is -0.495 e. The molecule has 9 heteroatoms. The molecule has 0 bridgehead atoms. The number of rotatable bonds is 5. The van der Waals surface area contributed by atoms with Crippen LogP contribution in [0, 0.1) is 0 Å². The first kappa shape index (κ1) is 17.2. The Bertz CT molecular complexity index is 781. The zero-order valence-corrected chi connectivity index (χ0v) is 14.0. The van der Waals surface area contributed by atoms with Crippen molar-refractivity contribution in [2.45, 2.75) is 17.3 Å². The Balaban J connectivity index is 2.11. The number of nitrogen functional groups attached to an aromatic ring is 1. The van der Waals surface area contributed by atoms with E-state index < -0.39 is 5.25 Å². The van der Waals surface area contributed by atoms with Crippen LogP contribution in [0.4, 0.5) is 11.5 Å². The van der Waals surface area contributed by atoms with Crippen molar-refractivity contribution >= 4 is 40.8 Å². The van der Waals surface area contributed by atoms with Gasteiger partial charge < -0.3 is 20.8 Å². The topological polar surface area (TPSA) is 110 Å². The molecule has 122 valence electrons. The first-order valence-electron chi connectivity index (χ1n) is 6.57. The Kier molecular flexibility index (Phi) is 5.51. The minimum atomic E-state index is -0.524. The molecular formula is C14H15ClN4O3S. The summed E-state index contributed by atoms with van der Waals surface area (Å²) in [7, 11) is 1.50. The highest BCUT2D eigenvalue weighted by molar-refractivity contribution is 8.00. The molecule has 0 spiro atoms. The number of benzene rings is 1. The number of ether oxygens (including phenoxy) is 1. The molecule has 0 radical (unpaired) electrons. The fraction of sp³-hybridized carbons (Fsp3) is 0.214. The van der Waals surface area contributed by atoms with Gasteiger partial charge in [0.2, 0.25) is 5.91 Å². The number of hydrogen-bond donors (Lipinski definition) is 3. The van der Waals surface area contributed by atoms with E-state index in [2.05, 4.69) is 15.3 Å². The highest BCUT2D eigenvalue weighted by Crippen LogP contribution is 2.29. The molecule has 1 atom stereocenters. The molecule has 7 nitrogen and oxygen atoms in total. The lowest BCUT2D eigenvalue weighted by Crippen LogP contribution is -2.23. The minimum absolute atomic E-state index is 0.0976. The summed E-state index contributed by atoms with van der Waals surface area (Å²) < 4.78 is 5.17. The van der Waals surface area contributed by atoms with Crippen LogP contribution in [0.15, 0.2) is 34.2 Å². The second kappa shape index (κ2) is 7.38. The maximum absolute atomic E-state index is 12.3. The molecule has 0 fully saturated rings. The van der Waals surface area contributed by atoms with Gasteiger partial charge in [0, 0.05) is 11.1 Å². The fourth-order valence-electron chi connectivity index (χ4n) is 1.74. The van der Waals surface area contributed by atoms with Crippen LogP contribution in [-0.4, -0.2) is 28.2 Å². The standard InChI is InChI=1S/C14H15ClN4O3S/c1-7(23-14-18-11(16)6-12(20)19-14)13(21)17-9-5-8(15)3-4-10(9)22-2/h3-7H,1-2H3,(H,17,21)(H3,16,18,19,20)/t7-/m0/s1. The van der Waals surface area contributed by atoms with Crippen LogP contribution < -0.4 is 21.3 Å². The number of nitrogens with two attached hydrogens (primary N) is 1. The Morgan fingerprint density at radius 2 is 2.22 bits per heavy atom. The summed E-state index contributed by atoms with van der Waals surface area (Å²) >= 11 is 7.01. The number of amides is 1. The van der Waals surface area contributed by atoms with E-state index in [1.165, 1.54) is 13.2 Å². The van der Waals surface area contributed by atoms with Crippen molar-refractivity contribution in [1.82, 2.24) is 9.97 Å². The summed E-state index contributed by atoms with van der Waals surface area (Å²) in [4.78, 5) is 30.1. The molecule has 1 amide bonds. The molecule has 0 saturated heterocycles. The average molecular weight is 355 g/mol. The van der Waals surface area contributed by atoms with Crippen LogP contribution >= 0.6 is 23.4 Å². The van der Waals surface area contributed by atoms with E-state index >= 15 is 0 Å². The van der Waals surface area contributed by atoms with Gasteiger partial charge in [0.1, 0.15) is 11.6 Å². The third kappa shape index (κ3) is 4.64. The van der Waals surface area contributed by atoms with Crippen LogP contribution in [0.25, 0.3) is 0 Å². The maximum atomic E-state index is 12.3. The molecule has 2 aromatic rings. The van der Waals surface area contributed by atoms with Crippen molar-refractivity contribution in [2.75, 3.05) is 18.2 Å². The monoisotopic (exact) mass is 354 g/mol. The van der Waals surface area contributed by atoms with Gasteiger partial charge in [-0.25, -0.2) is 4.98 Å². The van der Waals surface area contributed by atoms with Gasteiger partial charge in [-0.3, -0.25) is 9.59 Å². The van der Waals surface area contributed by atoms with Crippen molar-refractivity contribution in [3.63, 3.8) is 0 Å². The van der Waals surface area contributed by atoms with Gasteiger partial charge in [-0.05, 0) is 25.1 Å². The van der Waals surface area contributed by atoms with E-state index in [1.807, 2.05) is 0 Å². The highest BCUT2D eigenvalue weighted by Gasteiger charge is 2.18. The normalized spacial score (nSPS) is 11.8. The predicted molar refractivity (Wildman–Crippen MR) is 91.2 cm³/mol. The third-order valence-corrected chi connectivity index (χ3v) is 4.04. The van der Waals surface area contributed by atoms with Gasteiger partial charge in [0.05, 0.1) is 18.0 Å². The summed E-state index contributed by atoms with van der Waals surface area (Å²) in [6.07, 6.45) is 0. The Hall–Kier alpha value is -2.19. The molecule has 0 aliphatic carbocycles. The number of thioether (sulfide) groups is 1. The van der Waals surface area contributed by atoms with Gasteiger partial charge >= 0.3 is 0 Å². The molecule has 1 heterocycles. The van der Waals surface area contributed by atoms with E-state index in [4.69, 9.17) is 22.1 Å². The van der Waals surface area contributed by atoms with Crippen molar-refractivity contribution in [3.05, 3.63) is 39.6 Å². The number of carbonyl (C=O) groups is 1. The van der Waals surface area contributed by atoms with Gasteiger partial charge in [-0.2, -0.15) is 0 Å². The van der Waals surface area contributed by atoms with E-state index in [1.54, 1.807) is 25.1 Å². The number of hydrogen-bond acceptors (Lipinski definition) is 6. The van der Waals surface area contributed by atoms with Crippen molar-refractivity contribution in [2.24, 2.45) is 0 Å². The van der Waals surface area contributed by atoms with Crippen LogP contribution in [0.1, 0.15) is 6.92 Å². The van der Waals surface area contributed by atoms with Gasteiger partial charge in [0.25, 0.3) is 5.56 Å². The number of aromatic amines is 1. The lowest BCUT2D eigenvalue weighted by atomic mass is 10.3. The number of H-pyrrole nitrogens is 1. The molecular weight excluding hydrogens is 340 g/mol. The molecule has 1 aromatic heterocycles. The number of carbonyl (C=O) groups excluding carboxylic acids is 1. The van der Waals surface area contributed by atoms with Crippen LogP contribution in [0.3, 0.4) is 0 Å². The number of halogens is 1. The Morgan fingerprint density at radius 3 is 2.87 bits per heavy atom.